The molecule has 0 spiro atoms. The highest BCUT2D eigenvalue weighted by Gasteiger charge is 2.31. The first-order valence-corrected chi connectivity index (χ1v) is 13.4. The van der Waals surface area contributed by atoms with Crippen molar-refractivity contribution in [1.29, 1.82) is 0 Å². The van der Waals surface area contributed by atoms with E-state index < -0.39 is 12.0 Å². The van der Waals surface area contributed by atoms with Gasteiger partial charge in [0.15, 0.2) is 22.0 Å². The molecule has 1 aliphatic rings. The molecule has 0 N–H and O–H groups in total. The van der Waals surface area contributed by atoms with E-state index in [4.69, 9.17) is 48.6 Å². The van der Waals surface area contributed by atoms with E-state index in [1.807, 2.05) is 13.8 Å². The molecule has 1 aromatic heterocycles. The number of rotatable bonds is 9. The first-order chi connectivity index (χ1) is 18.8. The molecule has 0 amide bonds. The van der Waals surface area contributed by atoms with Gasteiger partial charge in [-0.1, -0.05) is 46.5 Å². The molecule has 1 atom stereocenters. The fraction of sp³-hybridized carbons (Fsp3) is 0.250. The summed E-state index contributed by atoms with van der Waals surface area (Å²) in [4.78, 5) is 31.3. The minimum Gasteiger partial charge on any atom is -0.490 e. The summed E-state index contributed by atoms with van der Waals surface area (Å²) in [5, 5.41) is 0.501. The molecule has 8 nitrogen and oxygen atoms in total. The molecular formula is C28H24Cl2N2O6S. The number of nitrogens with zero attached hydrogens (tertiary/aromatic N) is 2. The summed E-state index contributed by atoms with van der Waals surface area (Å²) >= 11 is 13.9. The van der Waals surface area contributed by atoms with Gasteiger partial charge in [-0.05, 0) is 55.3 Å². The van der Waals surface area contributed by atoms with Crippen LogP contribution in [0.3, 0.4) is 0 Å². The topological polar surface area (TPSA) is 88.3 Å². The van der Waals surface area contributed by atoms with Gasteiger partial charge in [-0.25, -0.2) is 9.79 Å². The van der Waals surface area contributed by atoms with Crippen LogP contribution in [0.5, 0.6) is 17.2 Å². The minimum absolute atomic E-state index is 0.0104. The molecule has 202 valence electrons. The van der Waals surface area contributed by atoms with Gasteiger partial charge in [0.25, 0.3) is 5.56 Å². The van der Waals surface area contributed by atoms with Gasteiger partial charge in [0, 0.05) is 6.20 Å². The van der Waals surface area contributed by atoms with Gasteiger partial charge in [-0.2, -0.15) is 0 Å². The van der Waals surface area contributed by atoms with E-state index in [0.29, 0.717) is 45.2 Å². The Morgan fingerprint density at radius 1 is 1.13 bits per heavy atom. The van der Waals surface area contributed by atoms with Crippen LogP contribution in [-0.4, -0.2) is 37.5 Å². The fourth-order valence-corrected chi connectivity index (χ4v) is 5.64. The number of methoxy groups -OCH3 is 1. The summed E-state index contributed by atoms with van der Waals surface area (Å²) in [6.45, 7) is 4.60. The van der Waals surface area contributed by atoms with Crippen LogP contribution in [0.15, 0.2) is 51.9 Å². The molecule has 0 unspecified atom stereocenters. The Balaban J connectivity index is 1.87. The second-order valence-corrected chi connectivity index (χ2v) is 9.88. The molecule has 39 heavy (non-hydrogen) atoms. The zero-order valence-electron chi connectivity index (χ0n) is 21.3. The van der Waals surface area contributed by atoms with Crippen molar-refractivity contribution >= 4 is 46.6 Å². The lowest BCUT2D eigenvalue weighted by molar-refractivity contribution is -0.136. The quantitative estimate of drug-likeness (QED) is 0.277. The molecule has 3 aromatic rings. The predicted molar refractivity (Wildman–Crippen MR) is 151 cm³/mol. The smallest absolute Gasteiger partial charge is 0.337 e. The largest absolute Gasteiger partial charge is 0.490 e. The Morgan fingerprint density at radius 2 is 1.82 bits per heavy atom. The normalized spacial score (nSPS) is 14.5. The second kappa shape index (κ2) is 12.4. The summed E-state index contributed by atoms with van der Waals surface area (Å²) in [5.41, 5.74) is 1.04. The first kappa shape index (κ1) is 28.3. The van der Waals surface area contributed by atoms with Crippen LogP contribution >= 0.6 is 34.5 Å². The van der Waals surface area contributed by atoms with Crippen molar-refractivity contribution in [3.05, 3.63) is 83.0 Å². The molecule has 0 saturated carbocycles. The molecule has 1 aliphatic heterocycles. The van der Waals surface area contributed by atoms with Gasteiger partial charge >= 0.3 is 5.97 Å². The second-order valence-electron chi connectivity index (χ2n) is 8.05. The van der Waals surface area contributed by atoms with Crippen molar-refractivity contribution in [2.45, 2.75) is 19.9 Å². The Bertz CT molecular complexity index is 1650. The van der Waals surface area contributed by atoms with Crippen molar-refractivity contribution < 1.29 is 23.7 Å². The van der Waals surface area contributed by atoms with Crippen molar-refractivity contribution in [2.75, 3.05) is 26.9 Å². The molecule has 4 rings (SSSR count). The third kappa shape index (κ3) is 5.83. The number of fused-ring (bicyclic) bond motifs is 1. The molecular weight excluding hydrogens is 563 g/mol. The molecule has 11 heteroatoms. The highest BCUT2D eigenvalue weighted by atomic mass is 35.5. The van der Waals surface area contributed by atoms with Crippen LogP contribution in [0.25, 0.3) is 6.08 Å². The van der Waals surface area contributed by atoms with E-state index in [1.54, 1.807) is 36.4 Å². The van der Waals surface area contributed by atoms with Crippen LogP contribution in [0.4, 0.5) is 0 Å². The third-order valence-electron chi connectivity index (χ3n) is 5.63. The zero-order valence-corrected chi connectivity index (χ0v) is 23.7. The van der Waals surface area contributed by atoms with Gasteiger partial charge in [0.2, 0.25) is 0 Å². The molecule has 2 heterocycles. The molecule has 0 bridgehead atoms. The maximum absolute atomic E-state index is 13.8. The van der Waals surface area contributed by atoms with Gasteiger partial charge < -0.3 is 18.9 Å². The maximum Gasteiger partial charge on any atom is 0.337 e. The SMILES string of the molecule is C#CCOc1c(Cl)cc(/C=c2\sc3n(c2=O)[C@@H](c2ccc(OCC)c(OCC)c2)C(C(=O)OC)=CN=3)cc1Cl. The fourth-order valence-electron chi connectivity index (χ4n) is 4.05. The lowest BCUT2D eigenvalue weighted by Gasteiger charge is -2.23. The number of carbonyl (C=O) groups is 1. The monoisotopic (exact) mass is 586 g/mol. The molecule has 2 aromatic carbocycles. The van der Waals surface area contributed by atoms with Gasteiger partial charge in [-0.15, -0.1) is 6.42 Å². The number of benzene rings is 2. The van der Waals surface area contributed by atoms with Gasteiger partial charge in [0.1, 0.15) is 6.61 Å². The summed E-state index contributed by atoms with van der Waals surface area (Å²) in [5.74, 6) is 3.07. The number of hydrogen-bond donors (Lipinski definition) is 0. The van der Waals surface area contributed by atoms with Crippen molar-refractivity contribution in [2.24, 2.45) is 4.99 Å². The summed E-state index contributed by atoms with van der Waals surface area (Å²) in [7, 11) is 1.28. The number of hydrogen-bond acceptors (Lipinski definition) is 8. The molecule has 0 saturated heterocycles. The average Bonchev–Trinajstić information content (AvgIpc) is 3.23. The first-order valence-electron chi connectivity index (χ1n) is 11.9. The number of halogens is 2. The van der Waals surface area contributed by atoms with E-state index in [-0.39, 0.29) is 33.5 Å². The highest BCUT2D eigenvalue weighted by molar-refractivity contribution is 7.07. The summed E-state index contributed by atoms with van der Waals surface area (Å²) in [6, 6.07) is 7.73. The van der Waals surface area contributed by atoms with Crippen LogP contribution in [0, 0.1) is 12.3 Å². The Labute approximate surface area is 238 Å². The van der Waals surface area contributed by atoms with E-state index in [2.05, 4.69) is 10.9 Å². The third-order valence-corrected chi connectivity index (χ3v) is 7.18. The molecule has 0 aliphatic carbocycles. The summed E-state index contributed by atoms with van der Waals surface area (Å²) < 4.78 is 23.7. The van der Waals surface area contributed by atoms with Crippen molar-refractivity contribution in [3.63, 3.8) is 0 Å². The van der Waals surface area contributed by atoms with E-state index >= 15 is 0 Å². The Kier molecular flexibility index (Phi) is 9.02. The average molecular weight is 587 g/mol. The summed E-state index contributed by atoms with van der Waals surface area (Å²) in [6.07, 6.45) is 8.32. The van der Waals surface area contributed by atoms with Crippen LogP contribution in [0.1, 0.15) is 31.0 Å². The lowest BCUT2D eigenvalue weighted by Crippen LogP contribution is -2.39. The predicted octanol–water partition coefficient (Wildman–Crippen LogP) is 4.13. The van der Waals surface area contributed by atoms with Crippen LogP contribution in [0.2, 0.25) is 10.0 Å². The lowest BCUT2D eigenvalue weighted by atomic mass is 9.97. The Morgan fingerprint density at radius 3 is 2.46 bits per heavy atom. The van der Waals surface area contributed by atoms with E-state index in [1.165, 1.54) is 17.9 Å². The maximum atomic E-state index is 13.8. The molecule has 0 fully saturated rings. The van der Waals surface area contributed by atoms with Crippen LogP contribution < -0.4 is 29.1 Å². The minimum atomic E-state index is -0.808. The van der Waals surface area contributed by atoms with E-state index in [0.717, 1.165) is 11.3 Å². The number of aromatic nitrogens is 1. The highest BCUT2D eigenvalue weighted by Crippen LogP contribution is 2.36. The van der Waals surface area contributed by atoms with Crippen molar-refractivity contribution in [3.8, 4) is 29.6 Å². The van der Waals surface area contributed by atoms with Gasteiger partial charge in [0.05, 0.1) is 46.5 Å². The van der Waals surface area contributed by atoms with Gasteiger partial charge in [-0.3, -0.25) is 9.36 Å². The number of esters is 1. The molecule has 0 radical (unpaired) electrons. The zero-order chi connectivity index (χ0) is 28.1. The number of ether oxygens (including phenoxy) is 4. The number of terminal acetylenes is 1. The Hall–Kier alpha value is -3.71. The van der Waals surface area contributed by atoms with Crippen molar-refractivity contribution in [1.82, 2.24) is 4.57 Å². The van der Waals surface area contributed by atoms with Crippen LogP contribution in [-0.2, 0) is 9.53 Å². The van der Waals surface area contributed by atoms with E-state index in [9.17, 15) is 9.59 Å². The number of carbonyl (C=O) groups excluding carboxylic acids is 1. The number of thiazole rings is 1. The standard InChI is InChI=1S/C28H24Cl2N2O6S/c1-5-10-38-25-19(29)11-16(12-20(25)30)13-23-26(33)32-24(18(27(34)35-4)15-31-28(32)39-23)17-8-9-21(36-6-2)22(14-17)37-7-3/h1,8-9,11-15,24H,6-7,10H2,2-4H3/b23-13-/t24-/m0/s1.